The molecule has 0 spiro atoms. The smallest absolute Gasteiger partial charge is 0.255 e. The van der Waals surface area contributed by atoms with Crippen LogP contribution in [0.4, 0.5) is 0 Å². The lowest BCUT2D eigenvalue weighted by molar-refractivity contribution is 0.112. The number of benzene rings is 1. The van der Waals surface area contributed by atoms with Gasteiger partial charge in [0.25, 0.3) is 11.1 Å². The predicted octanol–water partition coefficient (Wildman–Crippen LogP) is 3.05. The molecule has 1 saturated heterocycles. The van der Waals surface area contributed by atoms with Crippen molar-refractivity contribution in [2.24, 2.45) is 5.92 Å². The fourth-order valence-electron chi connectivity index (χ4n) is 6.22. The summed E-state index contributed by atoms with van der Waals surface area (Å²) in [7, 11) is 0. The summed E-state index contributed by atoms with van der Waals surface area (Å²) >= 11 is 0. The maximum Gasteiger partial charge on any atom is 0.255 e. The van der Waals surface area contributed by atoms with E-state index in [1.54, 1.807) is 6.07 Å². The lowest BCUT2D eigenvalue weighted by atomic mass is 9.72. The maximum atomic E-state index is 13.2. The lowest BCUT2D eigenvalue weighted by Crippen LogP contribution is -2.47. The van der Waals surface area contributed by atoms with Gasteiger partial charge in [0.1, 0.15) is 5.82 Å². The number of nitrogens with one attached hydrogen (secondary N) is 1. The van der Waals surface area contributed by atoms with Crippen LogP contribution in [0.2, 0.25) is 0 Å². The van der Waals surface area contributed by atoms with E-state index in [2.05, 4.69) is 48.0 Å². The number of rotatable bonds is 2. The van der Waals surface area contributed by atoms with Crippen molar-refractivity contribution in [3.63, 3.8) is 0 Å². The van der Waals surface area contributed by atoms with Gasteiger partial charge in [0, 0.05) is 53.9 Å². The molecule has 3 aromatic rings. The molecule has 0 unspecified atom stereocenters. The minimum absolute atomic E-state index is 0.0152. The Bertz CT molecular complexity index is 1340. The summed E-state index contributed by atoms with van der Waals surface area (Å²) in [5.41, 5.74) is 4.95. The molecule has 6 heteroatoms. The number of aromatic amines is 1. The van der Waals surface area contributed by atoms with Crippen molar-refractivity contribution in [3.8, 4) is 11.3 Å². The highest BCUT2D eigenvalue weighted by molar-refractivity contribution is 5.71. The summed E-state index contributed by atoms with van der Waals surface area (Å²) in [5, 5.41) is 0. The first-order valence-electron chi connectivity index (χ1n) is 11.5. The molecule has 6 rings (SSSR count). The van der Waals surface area contributed by atoms with E-state index in [-0.39, 0.29) is 16.5 Å². The zero-order valence-corrected chi connectivity index (χ0v) is 18.6. The molecular weight excluding hydrogens is 400 g/mol. The van der Waals surface area contributed by atoms with Gasteiger partial charge < -0.3 is 9.55 Å². The second kappa shape index (κ2) is 7.01. The fourth-order valence-corrected chi connectivity index (χ4v) is 6.22. The maximum absolute atomic E-state index is 13.2. The lowest BCUT2D eigenvalue weighted by Gasteiger charge is -2.42. The molecule has 0 radical (unpaired) electrons. The van der Waals surface area contributed by atoms with Crippen LogP contribution in [0.25, 0.3) is 11.3 Å². The Morgan fingerprint density at radius 1 is 1.06 bits per heavy atom. The third-order valence-corrected chi connectivity index (χ3v) is 7.48. The Morgan fingerprint density at radius 2 is 1.91 bits per heavy atom. The van der Waals surface area contributed by atoms with Crippen LogP contribution in [0, 0.1) is 5.92 Å². The molecule has 1 N–H and O–H groups in total. The van der Waals surface area contributed by atoms with Crippen molar-refractivity contribution in [2.45, 2.75) is 51.1 Å². The second-order valence-electron chi connectivity index (χ2n) is 10.3. The van der Waals surface area contributed by atoms with E-state index >= 15 is 0 Å². The Balaban J connectivity index is 1.34. The molecule has 32 heavy (non-hydrogen) atoms. The second-order valence-corrected chi connectivity index (χ2v) is 10.3. The zero-order valence-electron chi connectivity index (χ0n) is 18.6. The van der Waals surface area contributed by atoms with Gasteiger partial charge in [-0.05, 0) is 30.4 Å². The van der Waals surface area contributed by atoms with Gasteiger partial charge in [0.05, 0.1) is 12.2 Å². The normalized spacial score (nSPS) is 23.2. The molecule has 2 aromatic heterocycles. The van der Waals surface area contributed by atoms with Crippen LogP contribution in [0.1, 0.15) is 48.8 Å². The van der Waals surface area contributed by atoms with Crippen LogP contribution in [0.5, 0.6) is 0 Å². The number of aromatic nitrogens is 3. The largest absolute Gasteiger partial charge is 0.312 e. The van der Waals surface area contributed by atoms with Crippen molar-refractivity contribution in [2.75, 3.05) is 13.1 Å². The number of likely N-dealkylation sites (tertiary alicyclic amines) is 1. The molecule has 2 bridgehead atoms. The highest BCUT2D eigenvalue weighted by Gasteiger charge is 2.37. The highest BCUT2D eigenvalue weighted by Crippen LogP contribution is 2.40. The first kappa shape index (κ1) is 19.7. The fraction of sp³-hybridized carbons (Fsp3) is 0.423. The van der Waals surface area contributed by atoms with Gasteiger partial charge in [0.2, 0.25) is 0 Å². The molecule has 6 nitrogen and oxygen atoms in total. The van der Waals surface area contributed by atoms with Gasteiger partial charge in [-0.1, -0.05) is 44.2 Å². The summed E-state index contributed by atoms with van der Waals surface area (Å²) in [5.74, 6) is 1.53. The summed E-state index contributed by atoms with van der Waals surface area (Å²) in [6, 6.07) is 13.9. The van der Waals surface area contributed by atoms with Crippen LogP contribution in [0.3, 0.4) is 0 Å². The molecular formula is C26H28N4O2. The first-order valence-corrected chi connectivity index (χ1v) is 11.5. The van der Waals surface area contributed by atoms with E-state index in [0.717, 1.165) is 60.8 Å². The van der Waals surface area contributed by atoms with Crippen molar-refractivity contribution in [3.05, 3.63) is 85.8 Å². The van der Waals surface area contributed by atoms with Gasteiger partial charge in [-0.25, -0.2) is 4.98 Å². The van der Waals surface area contributed by atoms with E-state index in [0.29, 0.717) is 18.4 Å². The van der Waals surface area contributed by atoms with Crippen LogP contribution in [-0.2, 0) is 24.9 Å². The standard InChI is InChI=1S/C26H28N4O2/c1-26(2)11-17-6-3-4-7-19(17)24-23(26)25(32)28-21(27-24)15-29-12-16-10-18(14-29)20-8-5-9-22(31)30(20)13-16/h3-9,16,18H,10-15H2,1-2H3,(H,27,28,32)/t16-,18+/m0/s1. The monoisotopic (exact) mass is 428 g/mol. The minimum atomic E-state index is -0.248. The summed E-state index contributed by atoms with van der Waals surface area (Å²) in [6.45, 7) is 7.45. The van der Waals surface area contributed by atoms with Gasteiger partial charge in [0.15, 0.2) is 0 Å². The van der Waals surface area contributed by atoms with Crippen molar-refractivity contribution < 1.29 is 0 Å². The molecule has 1 fully saturated rings. The average molecular weight is 429 g/mol. The summed E-state index contributed by atoms with van der Waals surface area (Å²) < 4.78 is 1.95. The van der Waals surface area contributed by atoms with Gasteiger partial charge in [-0.3, -0.25) is 14.5 Å². The van der Waals surface area contributed by atoms with Gasteiger partial charge in [-0.15, -0.1) is 0 Å². The Hall–Kier alpha value is -2.99. The van der Waals surface area contributed by atoms with Gasteiger partial charge >= 0.3 is 0 Å². The van der Waals surface area contributed by atoms with E-state index in [1.165, 1.54) is 5.56 Å². The Morgan fingerprint density at radius 3 is 2.78 bits per heavy atom. The quantitative estimate of drug-likeness (QED) is 0.681. The molecule has 2 atom stereocenters. The van der Waals surface area contributed by atoms with Crippen LogP contribution >= 0.6 is 0 Å². The average Bonchev–Trinajstić information content (AvgIpc) is 2.73. The van der Waals surface area contributed by atoms with Gasteiger partial charge in [-0.2, -0.15) is 0 Å². The SMILES string of the molecule is CC1(C)Cc2ccccc2-c2nc(CN3C[C@@H]4C[C@H](C3)c3cccc(=O)n3C4)[nH]c(=O)c21. The summed E-state index contributed by atoms with van der Waals surface area (Å²) in [4.78, 5) is 36.0. The van der Waals surface area contributed by atoms with Crippen molar-refractivity contribution in [1.82, 2.24) is 19.4 Å². The number of hydrogen-bond donors (Lipinski definition) is 1. The molecule has 2 aliphatic heterocycles. The molecule has 4 heterocycles. The molecule has 3 aliphatic rings. The third-order valence-electron chi connectivity index (χ3n) is 7.48. The van der Waals surface area contributed by atoms with E-state index in [9.17, 15) is 9.59 Å². The third kappa shape index (κ3) is 3.08. The molecule has 0 amide bonds. The number of nitrogens with zero attached hydrogens (tertiary/aromatic N) is 3. The van der Waals surface area contributed by atoms with Crippen molar-refractivity contribution >= 4 is 0 Å². The predicted molar refractivity (Wildman–Crippen MR) is 124 cm³/mol. The number of H-pyrrole nitrogens is 1. The van der Waals surface area contributed by atoms with Crippen LogP contribution in [-0.4, -0.2) is 32.5 Å². The first-order chi connectivity index (χ1) is 15.4. The van der Waals surface area contributed by atoms with E-state index in [4.69, 9.17) is 4.98 Å². The number of fused-ring (bicyclic) bond motifs is 7. The van der Waals surface area contributed by atoms with E-state index in [1.807, 2.05) is 16.7 Å². The molecule has 1 aliphatic carbocycles. The van der Waals surface area contributed by atoms with E-state index < -0.39 is 0 Å². The Labute approximate surface area is 186 Å². The number of pyridine rings is 1. The molecule has 1 aromatic carbocycles. The molecule has 164 valence electrons. The zero-order chi connectivity index (χ0) is 22.0. The summed E-state index contributed by atoms with van der Waals surface area (Å²) in [6.07, 6.45) is 1.96. The van der Waals surface area contributed by atoms with Crippen molar-refractivity contribution in [1.29, 1.82) is 0 Å². The Kier molecular flexibility index (Phi) is 4.31. The topological polar surface area (TPSA) is 71.0 Å². The highest BCUT2D eigenvalue weighted by atomic mass is 16.1. The number of hydrogen-bond acceptors (Lipinski definition) is 4. The van der Waals surface area contributed by atoms with Crippen LogP contribution in [0.15, 0.2) is 52.1 Å². The van der Waals surface area contributed by atoms with Crippen LogP contribution < -0.4 is 11.1 Å². The molecule has 0 saturated carbocycles. The minimum Gasteiger partial charge on any atom is -0.312 e. The number of piperidine rings is 1.